The van der Waals surface area contributed by atoms with Crippen molar-refractivity contribution >= 4 is 85.5 Å². The molecule has 0 radical (unpaired) electrons. The third kappa shape index (κ3) is 9.86. The van der Waals surface area contributed by atoms with Crippen molar-refractivity contribution in [3.8, 4) is 0 Å². The molecule has 0 aliphatic carbocycles. The zero-order valence-corrected chi connectivity index (χ0v) is 26.5. The van der Waals surface area contributed by atoms with Crippen LogP contribution in [0, 0.1) is 0 Å². The fourth-order valence-electron chi connectivity index (χ4n) is 3.01. The summed E-state index contributed by atoms with van der Waals surface area (Å²) in [7, 11) is -2.66. The Kier molecular flexibility index (Phi) is 15.0. The topological polar surface area (TPSA) is 66.0 Å². The molecule has 0 saturated carbocycles. The van der Waals surface area contributed by atoms with Gasteiger partial charge in [-0.25, -0.2) is 4.79 Å². The Morgan fingerprint density at radius 3 is 2.00 bits per heavy atom. The Morgan fingerprint density at radius 1 is 0.912 bits per heavy atom. The first-order valence-corrected chi connectivity index (χ1v) is 18.7. The number of hydrogen-bond donors (Lipinski definition) is 1. The highest BCUT2D eigenvalue weighted by molar-refractivity contribution is 8.40. The molecule has 13 heteroatoms. The highest BCUT2D eigenvalue weighted by Crippen LogP contribution is 2.62. The molecule has 2 aliphatic rings. The summed E-state index contributed by atoms with van der Waals surface area (Å²) in [5, 5.41) is 2.82. The van der Waals surface area contributed by atoms with Crippen molar-refractivity contribution in [3.63, 3.8) is 0 Å². The Labute approximate surface area is 231 Å². The summed E-state index contributed by atoms with van der Waals surface area (Å²) in [6.07, 6.45) is 2.47. The van der Waals surface area contributed by atoms with Gasteiger partial charge in [0.1, 0.15) is 6.61 Å². The van der Waals surface area contributed by atoms with E-state index in [2.05, 4.69) is 25.4 Å². The van der Waals surface area contributed by atoms with Gasteiger partial charge >= 0.3 is 14.9 Å². The molecule has 0 fully saturated rings. The van der Waals surface area contributed by atoms with Crippen LogP contribution in [-0.2, 0) is 18.0 Å². The minimum atomic E-state index is -2.66. The van der Waals surface area contributed by atoms with E-state index >= 15 is 0 Å². The van der Waals surface area contributed by atoms with Gasteiger partial charge in [0.2, 0.25) is 0 Å². The molecule has 34 heavy (non-hydrogen) atoms. The van der Waals surface area contributed by atoms with Crippen LogP contribution in [0.2, 0.25) is 6.04 Å². The van der Waals surface area contributed by atoms with Crippen molar-refractivity contribution in [3.05, 3.63) is 26.8 Å². The molecule has 2 aliphatic heterocycles. The van der Waals surface area contributed by atoms with Crippen molar-refractivity contribution in [2.24, 2.45) is 0 Å². The van der Waals surface area contributed by atoms with Gasteiger partial charge in [-0.15, -0.1) is 23.5 Å². The van der Waals surface area contributed by atoms with Gasteiger partial charge in [-0.3, -0.25) is 0 Å². The van der Waals surface area contributed by atoms with Crippen molar-refractivity contribution in [2.45, 2.75) is 47.1 Å². The van der Waals surface area contributed by atoms with E-state index in [9.17, 15) is 4.79 Å². The third-order valence-corrected chi connectivity index (χ3v) is 16.1. The van der Waals surface area contributed by atoms with Gasteiger partial charge in [0.05, 0.1) is 16.9 Å². The van der Waals surface area contributed by atoms with E-state index < -0.39 is 8.80 Å². The van der Waals surface area contributed by atoms with Crippen LogP contribution in [0.3, 0.4) is 0 Å². The lowest BCUT2D eigenvalue weighted by atomic mass is 10.5. The number of amides is 1. The van der Waals surface area contributed by atoms with Crippen molar-refractivity contribution in [1.29, 1.82) is 0 Å². The molecule has 2 rings (SSSR count). The Morgan fingerprint density at radius 2 is 1.47 bits per heavy atom. The largest absolute Gasteiger partial charge is 0.500 e. The van der Waals surface area contributed by atoms with Crippen LogP contribution in [0.25, 0.3) is 0 Å². The van der Waals surface area contributed by atoms with Crippen LogP contribution < -0.4 is 5.32 Å². The summed E-state index contributed by atoms with van der Waals surface area (Å²) in [4.78, 5) is 14.8. The maximum absolute atomic E-state index is 12.1. The van der Waals surface area contributed by atoms with Crippen LogP contribution in [0.15, 0.2) is 26.8 Å². The molecule has 0 saturated heterocycles. The number of ether oxygens (including phenoxy) is 1. The number of nitrogens with one attached hydrogen (secondary N) is 1. The van der Waals surface area contributed by atoms with Gasteiger partial charge in [-0.1, -0.05) is 47.0 Å². The highest BCUT2D eigenvalue weighted by Gasteiger charge is 2.39. The fourth-order valence-corrected chi connectivity index (χ4v) is 13.5. The van der Waals surface area contributed by atoms with E-state index in [0.717, 1.165) is 12.2 Å². The minimum Gasteiger partial charge on any atom is -0.449 e. The normalized spacial score (nSPS) is 18.9. The number of carbonyl (C=O) groups is 1. The van der Waals surface area contributed by atoms with Crippen LogP contribution >= 0.6 is 70.6 Å². The van der Waals surface area contributed by atoms with E-state index in [1.165, 1.54) is 26.8 Å². The first-order valence-electron chi connectivity index (χ1n) is 11.2. The summed E-state index contributed by atoms with van der Waals surface area (Å²) in [5.41, 5.74) is 0. The van der Waals surface area contributed by atoms with Crippen molar-refractivity contribution in [2.75, 3.05) is 45.0 Å². The van der Waals surface area contributed by atoms with Gasteiger partial charge in [-0.05, 0) is 47.3 Å². The predicted octanol–water partition coefficient (Wildman–Crippen LogP) is 7.71. The van der Waals surface area contributed by atoms with Gasteiger partial charge in [0.25, 0.3) is 0 Å². The number of thioether (sulfide) groups is 6. The molecule has 0 bridgehead atoms. The summed E-state index contributed by atoms with van der Waals surface area (Å²) >= 11 is 11.0. The smallest absolute Gasteiger partial charge is 0.449 e. The van der Waals surface area contributed by atoms with E-state index in [1.54, 1.807) is 11.8 Å². The molecule has 0 aromatic rings. The number of alkyl carbamates (subject to hydrolysis) is 1. The second kappa shape index (κ2) is 16.5. The van der Waals surface area contributed by atoms with E-state index in [1.807, 2.05) is 79.6 Å². The molecular weight excluding hydrogens is 567 g/mol. The number of carbonyl (C=O) groups excluding carboxylic acids is 1. The number of allylic oxidation sites excluding steroid dienone is 2. The Balaban J connectivity index is 1.65. The van der Waals surface area contributed by atoms with E-state index in [-0.39, 0.29) is 6.09 Å². The lowest BCUT2D eigenvalue weighted by Crippen LogP contribution is -2.46. The van der Waals surface area contributed by atoms with Gasteiger partial charge in [0, 0.05) is 48.0 Å². The second-order valence-electron chi connectivity index (χ2n) is 6.87. The average Bonchev–Trinajstić information content (AvgIpc) is 3.37. The molecule has 0 atom stereocenters. The minimum absolute atomic E-state index is 0.376. The lowest BCUT2D eigenvalue weighted by Gasteiger charge is -2.28. The van der Waals surface area contributed by atoms with E-state index in [4.69, 9.17) is 18.0 Å². The van der Waals surface area contributed by atoms with Crippen molar-refractivity contribution < 1.29 is 22.8 Å². The van der Waals surface area contributed by atoms with Crippen LogP contribution in [-0.4, -0.2) is 59.9 Å². The first-order chi connectivity index (χ1) is 16.4. The maximum Gasteiger partial charge on any atom is 0.500 e. The highest BCUT2D eigenvalue weighted by atomic mass is 32.2. The Hall–Kier alpha value is 0.687. The molecule has 2 heterocycles. The molecule has 194 valence electrons. The Bertz CT molecular complexity index is 775. The molecule has 1 amide bonds. The first kappa shape index (κ1) is 30.9. The standard InChI is InChI=1S/C21H35NO5S6Si/c1-7-25-34(26-8-2,27-9-3)14-10-11-22-21(23)24-12-13-29-18-16(5)31-20(33-18)19-30-15(4)17(28-6)32-19/h7-14H2,1-6H3,(H,22,23)/b20-19+. The van der Waals surface area contributed by atoms with Crippen LogP contribution in [0.4, 0.5) is 4.79 Å². The maximum atomic E-state index is 12.1. The van der Waals surface area contributed by atoms with Crippen LogP contribution in [0.5, 0.6) is 0 Å². The quantitative estimate of drug-likeness (QED) is 0.148. The van der Waals surface area contributed by atoms with E-state index in [0.29, 0.717) is 39.0 Å². The molecule has 1 N–H and O–H groups in total. The molecule has 6 nitrogen and oxygen atoms in total. The van der Waals surface area contributed by atoms with Crippen LogP contribution in [0.1, 0.15) is 41.0 Å². The zero-order valence-electron chi connectivity index (χ0n) is 20.6. The summed E-state index contributed by atoms with van der Waals surface area (Å²) in [6, 6.07) is 0.670. The fraction of sp³-hybridized carbons (Fsp3) is 0.667. The average molecular weight is 602 g/mol. The second-order valence-corrected chi connectivity index (χ2v) is 17.0. The zero-order chi connectivity index (χ0) is 25.0. The molecule has 0 unspecified atom stereocenters. The van der Waals surface area contributed by atoms with Gasteiger partial charge < -0.3 is 23.3 Å². The predicted molar refractivity (Wildman–Crippen MR) is 158 cm³/mol. The molecule has 0 spiro atoms. The van der Waals surface area contributed by atoms with Gasteiger partial charge in [-0.2, -0.15) is 0 Å². The number of hydrogen-bond acceptors (Lipinski definition) is 11. The third-order valence-electron chi connectivity index (χ3n) is 4.36. The summed E-state index contributed by atoms with van der Waals surface area (Å²) < 4.78 is 28.3. The SMILES string of the molecule is CCO[Si](CCCNC(=O)OCCSC1=C(C)S/C(=C2/SC(C)=C(SC)S2)S1)(OCC)OCC. The van der Waals surface area contributed by atoms with Crippen molar-refractivity contribution in [1.82, 2.24) is 5.32 Å². The molecular formula is C21H35NO5S6Si. The monoisotopic (exact) mass is 601 g/mol. The summed E-state index contributed by atoms with van der Waals surface area (Å²) in [5.74, 6) is 0.735. The number of rotatable bonds is 15. The molecule has 0 aromatic carbocycles. The summed E-state index contributed by atoms with van der Waals surface area (Å²) in [6.45, 7) is 12.7. The molecule has 0 aromatic heterocycles. The lowest BCUT2D eigenvalue weighted by molar-refractivity contribution is 0.0707. The van der Waals surface area contributed by atoms with Gasteiger partial charge in [0.15, 0.2) is 0 Å².